The SMILES string of the molecule is Cc1cccc(/C=c2\s/c(=C(/C#N)C(=O)C(C)(C)C)n(-c3ccc(F)cc3)c2=O)c1. The Kier molecular flexibility index (Phi) is 5.86. The van der Waals surface area contributed by atoms with Gasteiger partial charge in [0.2, 0.25) is 0 Å². The molecule has 6 heteroatoms. The van der Waals surface area contributed by atoms with Crippen molar-refractivity contribution >= 4 is 28.8 Å². The molecule has 3 rings (SSSR count). The number of rotatable bonds is 3. The highest BCUT2D eigenvalue weighted by atomic mass is 32.1. The second-order valence-corrected chi connectivity index (χ2v) is 9.04. The van der Waals surface area contributed by atoms with Crippen molar-refractivity contribution < 1.29 is 9.18 Å². The number of ketones is 1. The average Bonchev–Trinajstić information content (AvgIpc) is 2.98. The van der Waals surface area contributed by atoms with E-state index >= 15 is 0 Å². The zero-order valence-corrected chi connectivity index (χ0v) is 18.0. The molecule has 0 fully saturated rings. The van der Waals surface area contributed by atoms with Crippen molar-refractivity contribution in [3.05, 3.63) is 85.0 Å². The number of thiazole rings is 1. The van der Waals surface area contributed by atoms with Gasteiger partial charge >= 0.3 is 0 Å². The van der Waals surface area contributed by atoms with Gasteiger partial charge in [0.15, 0.2) is 5.78 Å². The number of hydrogen-bond acceptors (Lipinski definition) is 4. The van der Waals surface area contributed by atoms with Crippen molar-refractivity contribution in [2.24, 2.45) is 5.41 Å². The molecule has 30 heavy (non-hydrogen) atoms. The number of carbonyl (C=O) groups excluding carboxylic acids is 1. The van der Waals surface area contributed by atoms with E-state index in [1.165, 1.54) is 28.8 Å². The quantitative estimate of drug-likeness (QED) is 0.652. The summed E-state index contributed by atoms with van der Waals surface area (Å²) in [4.78, 5) is 26.2. The summed E-state index contributed by atoms with van der Waals surface area (Å²) in [5, 5.41) is 9.77. The van der Waals surface area contributed by atoms with Crippen LogP contribution in [0.4, 0.5) is 4.39 Å². The molecule has 0 amide bonds. The second kappa shape index (κ2) is 8.21. The van der Waals surface area contributed by atoms with Gasteiger partial charge in [-0.2, -0.15) is 5.26 Å². The van der Waals surface area contributed by atoms with Gasteiger partial charge in [0.05, 0.1) is 10.2 Å². The fourth-order valence-corrected chi connectivity index (χ4v) is 4.06. The van der Waals surface area contributed by atoms with Crippen LogP contribution >= 0.6 is 11.3 Å². The third-order valence-corrected chi connectivity index (χ3v) is 5.57. The Morgan fingerprint density at radius 3 is 2.40 bits per heavy atom. The monoisotopic (exact) mass is 420 g/mol. The maximum atomic E-state index is 13.4. The fraction of sp³-hybridized carbons (Fsp3) is 0.208. The molecule has 3 aromatic rings. The normalized spacial score (nSPS) is 13.1. The largest absolute Gasteiger partial charge is 0.293 e. The maximum Gasteiger partial charge on any atom is 0.273 e. The summed E-state index contributed by atoms with van der Waals surface area (Å²) in [6, 6.07) is 15.1. The Hall–Kier alpha value is -3.30. The lowest BCUT2D eigenvalue weighted by molar-refractivity contribution is -0.120. The van der Waals surface area contributed by atoms with E-state index in [1.807, 2.05) is 37.3 Å². The van der Waals surface area contributed by atoms with Crippen LogP contribution in [0.2, 0.25) is 0 Å². The number of halogens is 1. The van der Waals surface area contributed by atoms with Gasteiger partial charge < -0.3 is 0 Å². The van der Waals surface area contributed by atoms with Crippen LogP contribution in [-0.2, 0) is 4.79 Å². The Labute approximate surface area is 177 Å². The van der Waals surface area contributed by atoms with Crippen molar-refractivity contribution in [1.82, 2.24) is 4.57 Å². The van der Waals surface area contributed by atoms with Crippen molar-refractivity contribution in [1.29, 1.82) is 5.26 Å². The lowest BCUT2D eigenvalue weighted by Gasteiger charge is -2.15. The second-order valence-electron chi connectivity index (χ2n) is 8.01. The van der Waals surface area contributed by atoms with Gasteiger partial charge in [0.1, 0.15) is 22.1 Å². The van der Waals surface area contributed by atoms with Crippen LogP contribution in [0.25, 0.3) is 17.3 Å². The highest BCUT2D eigenvalue weighted by Gasteiger charge is 2.27. The molecule has 152 valence electrons. The molecular weight excluding hydrogens is 399 g/mol. The van der Waals surface area contributed by atoms with Gasteiger partial charge in [-0.1, -0.05) is 50.6 Å². The average molecular weight is 421 g/mol. The smallest absolute Gasteiger partial charge is 0.273 e. The molecule has 0 aliphatic heterocycles. The van der Waals surface area contributed by atoms with Gasteiger partial charge in [-0.25, -0.2) is 4.39 Å². The first-order valence-corrected chi connectivity index (χ1v) is 10.2. The lowest BCUT2D eigenvalue weighted by Crippen LogP contribution is -2.33. The van der Waals surface area contributed by atoms with Crippen molar-refractivity contribution in [3.63, 3.8) is 0 Å². The van der Waals surface area contributed by atoms with Gasteiger partial charge in [-0.3, -0.25) is 14.2 Å². The summed E-state index contributed by atoms with van der Waals surface area (Å²) in [5.41, 5.74) is 1.04. The zero-order valence-electron chi connectivity index (χ0n) is 17.2. The van der Waals surface area contributed by atoms with Crippen LogP contribution in [-0.4, -0.2) is 10.4 Å². The lowest BCUT2D eigenvalue weighted by atomic mass is 9.87. The number of nitriles is 1. The molecule has 0 N–H and O–H groups in total. The first-order valence-electron chi connectivity index (χ1n) is 9.37. The molecular formula is C24H21FN2O2S. The van der Waals surface area contributed by atoms with E-state index in [-0.39, 0.29) is 21.6 Å². The minimum Gasteiger partial charge on any atom is -0.293 e. The zero-order chi connectivity index (χ0) is 22.1. The summed E-state index contributed by atoms with van der Waals surface area (Å²) >= 11 is 1.08. The number of aryl methyl sites for hydroxylation is 1. The molecule has 0 atom stereocenters. The highest BCUT2D eigenvalue weighted by molar-refractivity contribution is 7.07. The molecule has 0 bridgehead atoms. The van der Waals surface area contributed by atoms with E-state index in [2.05, 4.69) is 0 Å². The number of hydrogen-bond donors (Lipinski definition) is 0. The topological polar surface area (TPSA) is 62.9 Å². The molecule has 0 saturated carbocycles. The Morgan fingerprint density at radius 2 is 1.83 bits per heavy atom. The van der Waals surface area contributed by atoms with Crippen LogP contribution in [0, 0.1) is 29.5 Å². The van der Waals surface area contributed by atoms with E-state index in [1.54, 1.807) is 26.8 Å². The molecule has 0 aliphatic rings. The molecule has 0 unspecified atom stereocenters. The van der Waals surface area contributed by atoms with E-state index in [9.17, 15) is 19.2 Å². The van der Waals surface area contributed by atoms with Gasteiger partial charge in [0, 0.05) is 5.41 Å². The summed E-state index contributed by atoms with van der Waals surface area (Å²) in [6.07, 6.45) is 1.74. The van der Waals surface area contributed by atoms with E-state index in [0.29, 0.717) is 10.2 Å². The number of carbonyl (C=O) groups is 1. The van der Waals surface area contributed by atoms with Crippen molar-refractivity contribution in [2.75, 3.05) is 0 Å². The summed E-state index contributed by atoms with van der Waals surface area (Å²) < 4.78 is 15.4. The van der Waals surface area contributed by atoms with Crippen LogP contribution in [0.15, 0.2) is 53.3 Å². The summed E-state index contributed by atoms with van der Waals surface area (Å²) in [6.45, 7) is 7.12. The Balaban J connectivity index is 2.43. The molecule has 0 aliphatic carbocycles. The number of Topliss-reactive ketones (excluding diaryl/α,β-unsaturated/α-hetero) is 1. The van der Waals surface area contributed by atoms with Crippen LogP contribution < -0.4 is 14.8 Å². The maximum absolute atomic E-state index is 13.4. The fourth-order valence-electron chi connectivity index (χ4n) is 2.96. The summed E-state index contributed by atoms with van der Waals surface area (Å²) in [5.74, 6) is -0.797. The van der Waals surface area contributed by atoms with Gasteiger partial charge in [0.25, 0.3) is 5.56 Å². The first kappa shape index (κ1) is 21.4. The van der Waals surface area contributed by atoms with Gasteiger partial charge in [-0.05, 0) is 42.8 Å². The molecule has 1 heterocycles. The number of benzene rings is 2. The molecule has 0 radical (unpaired) electrons. The van der Waals surface area contributed by atoms with E-state index < -0.39 is 11.2 Å². The Morgan fingerprint density at radius 1 is 1.17 bits per heavy atom. The molecule has 0 saturated heterocycles. The van der Waals surface area contributed by atoms with Crippen LogP contribution in [0.5, 0.6) is 0 Å². The standard InChI is InChI=1S/C24H21FN2O2S/c1-15-6-5-7-16(12-15)13-20-22(29)27(18-10-8-17(25)9-11-18)23(30-20)19(14-26)21(28)24(2,3)4/h5-13H,1-4H3/b20-13-,23-19-. The first-order chi connectivity index (χ1) is 14.1. The molecule has 1 aromatic heterocycles. The molecule has 0 spiro atoms. The number of nitrogens with zero attached hydrogens (tertiary/aromatic N) is 2. The van der Waals surface area contributed by atoms with E-state index in [0.717, 1.165) is 22.5 Å². The Bertz CT molecular complexity index is 1330. The van der Waals surface area contributed by atoms with Crippen molar-refractivity contribution in [2.45, 2.75) is 27.7 Å². The number of aromatic nitrogens is 1. The van der Waals surface area contributed by atoms with Gasteiger partial charge in [-0.15, -0.1) is 11.3 Å². The predicted octanol–water partition coefficient (Wildman–Crippen LogP) is 3.46. The van der Waals surface area contributed by atoms with Crippen LogP contribution in [0.3, 0.4) is 0 Å². The van der Waals surface area contributed by atoms with Crippen molar-refractivity contribution in [3.8, 4) is 11.8 Å². The van der Waals surface area contributed by atoms with E-state index in [4.69, 9.17) is 0 Å². The minimum atomic E-state index is -0.793. The predicted molar refractivity (Wildman–Crippen MR) is 117 cm³/mol. The highest BCUT2D eigenvalue weighted by Crippen LogP contribution is 2.20. The third kappa shape index (κ3) is 4.32. The molecule has 4 nitrogen and oxygen atoms in total. The van der Waals surface area contributed by atoms with Crippen LogP contribution in [0.1, 0.15) is 31.9 Å². The summed E-state index contributed by atoms with van der Waals surface area (Å²) in [7, 11) is 0. The minimum absolute atomic E-state index is 0.0854. The molecule has 2 aromatic carbocycles. The third-order valence-electron chi connectivity index (χ3n) is 4.48.